The number of rotatable bonds is 8. The number of hydrogen-bond donors (Lipinski definition) is 1. The quantitative estimate of drug-likeness (QED) is 0.564. The third-order valence-electron chi connectivity index (χ3n) is 5.85. The molecule has 0 unspecified atom stereocenters. The molecule has 1 aliphatic heterocycles. The lowest BCUT2D eigenvalue weighted by atomic mass is 9.70. The molecule has 0 aliphatic carbocycles. The van der Waals surface area contributed by atoms with E-state index in [9.17, 15) is 9.59 Å². The highest BCUT2D eigenvalue weighted by Gasteiger charge is 2.38. The van der Waals surface area contributed by atoms with E-state index in [0.29, 0.717) is 19.4 Å². The minimum Gasteiger partial charge on any atom is -0.481 e. The Hall–Kier alpha value is -1.81. The van der Waals surface area contributed by atoms with E-state index in [-0.39, 0.29) is 23.2 Å². The van der Waals surface area contributed by atoms with Crippen molar-refractivity contribution in [3.63, 3.8) is 0 Å². The number of nitrogens with zero attached hydrogens (tertiary/aromatic N) is 1. The SMILES string of the molecule is CCC1=CN(CCCC(=O)O)C(=O)C[C@]1(C)c1ccc(CCC(C)(C)C)c(Cl)c1. The van der Waals surface area contributed by atoms with Crippen molar-refractivity contribution in [2.75, 3.05) is 6.54 Å². The Labute approximate surface area is 179 Å². The number of amides is 1. The largest absolute Gasteiger partial charge is 0.481 e. The lowest BCUT2D eigenvalue weighted by molar-refractivity contribution is -0.138. The van der Waals surface area contributed by atoms with E-state index in [2.05, 4.69) is 46.8 Å². The van der Waals surface area contributed by atoms with Crippen LogP contribution in [-0.4, -0.2) is 28.4 Å². The van der Waals surface area contributed by atoms with E-state index in [1.54, 1.807) is 4.90 Å². The molecule has 1 aromatic carbocycles. The average molecular weight is 420 g/mol. The van der Waals surface area contributed by atoms with Gasteiger partial charge in [-0.3, -0.25) is 9.59 Å². The first-order valence-electron chi connectivity index (χ1n) is 10.5. The van der Waals surface area contributed by atoms with Crippen LogP contribution in [0.3, 0.4) is 0 Å². The Kier molecular flexibility index (Phi) is 7.56. The summed E-state index contributed by atoms with van der Waals surface area (Å²) in [5.74, 6) is -0.803. The second-order valence-electron chi connectivity index (χ2n) is 9.47. The minimum absolute atomic E-state index is 0.0306. The number of carboxylic acids is 1. The van der Waals surface area contributed by atoms with Gasteiger partial charge in [-0.15, -0.1) is 0 Å². The summed E-state index contributed by atoms with van der Waals surface area (Å²) in [6.45, 7) is 11.3. The molecule has 0 saturated heterocycles. The monoisotopic (exact) mass is 419 g/mol. The predicted octanol–water partition coefficient (Wildman–Crippen LogP) is 5.97. The van der Waals surface area contributed by atoms with Crippen LogP contribution in [0.25, 0.3) is 0 Å². The maximum absolute atomic E-state index is 12.8. The van der Waals surface area contributed by atoms with Crippen LogP contribution in [0.2, 0.25) is 5.02 Å². The Morgan fingerprint density at radius 3 is 2.55 bits per heavy atom. The summed E-state index contributed by atoms with van der Waals surface area (Å²) >= 11 is 6.62. The van der Waals surface area contributed by atoms with Gasteiger partial charge in [0.25, 0.3) is 0 Å². The van der Waals surface area contributed by atoms with Crippen LogP contribution in [0, 0.1) is 5.41 Å². The fourth-order valence-corrected chi connectivity index (χ4v) is 4.16. The number of benzene rings is 1. The fourth-order valence-electron chi connectivity index (χ4n) is 3.88. The van der Waals surface area contributed by atoms with E-state index in [1.165, 1.54) is 5.57 Å². The number of carbonyl (C=O) groups excluding carboxylic acids is 1. The third kappa shape index (κ3) is 6.08. The summed E-state index contributed by atoms with van der Waals surface area (Å²) in [5.41, 5.74) is 3.25. The zero-order valence-electron chi connectivity index (χ0n) is 18.3. The molecule has 1 heterocycles. The Balaban J connectivity index is 2.24. The number of aliphatic carboxylic acids is 1. The first kappa shape index (κ1) is 23.5. The summed E-state index contributed by atoms with van der Waals surface area (Å²) in [6.07, 6.45) is 5.65. The molecule has 160 valence electrons. The van der Waals surface area contributed by atoms with Crippen molar-refractivity contribution in [3.05, 3.63) is 46.1 Å². The van der Waals surface area contributed by atoms with Gasteiger partial charge in [0, 0.05) is 36.0 Å². The van der Waals surface area contributed by atoms with Gasteiger partial charge in [0.05, 0.1) is 0 Å². The molecule has 0 radical (unpaired) electrons. The van der Waals surface area contributed by atoms with Crippen LogP contribution >= 0.6 is 11.6 Å². The highest BCUT2D eigenvalue weighted by atomic mass is 35.5. The Bertz CT molecular complexity index is 794. The van der Waals surface area contributed by atoms with Crippen LogP contribution in [0.4, 0.5) is 0 Å². The van der Waals surface area contributed by atoms with Crippen molar-refractivity contribution in [1.29, 1.82) is 0 Å². The van der Waals surface area contributed by atoms with Gasteiger partial charge in [0.15, 0.2) is 0 Å². The molecule has 0 fully saturated rings. The second kappa shape index (κ2) is 9.34. The van der Waals surface area contributed by atoms with E-state index in [1.807, 2.05) is 12.3 Å². The van der Waals surface area contributed by atoms with E-state index < -0.39 is 5.97 Å². The topological polar surface area (TPSA) is 57.6 Å². The Morgan fingerprint density at radius 2 is 2.00 bits per heavy atom. The van der Waals surface area contributed by atoms with Gasteiger partial charge in [-0.05, 0) is 53.9 Å². The molecular weight excluding hydrogens is 386 g/mol. The molecule has 1 aromatic rings. The number of carbonyl (C=O) groups is 2. The zero-order valence-corrected chi connectivity index (χ0v) is 19.1. The number of hydrogen-bond acceptors (Lipinski definition) is 2. The molecule has 29 heavy (non-hydrogen) atoms. The molecule has 0 aromatic heterocycles. The van der Waals surface area contributed by atoms with Crippen molar-refractivity contribution in [2.45, 2.75) is 78.6 Å². The van der Waals surface area contributed by atoms with Gasteiger partial charge in [-0.1, -0.05) is 58.4 Å². The summed E-state index contributed by atoms with van der Waals surface area (Å²) in [5, 5.41) is 9.60. The molecule has 0 bridgehead atoms. The molecule has 0 saturated carbocycles. The van der Waals surface area contributed by atoms with Crippen LogP contribution < -0.4 is 0 Å². The van der Waals surface area contributed by atoms with Crippen LogP contribution in [-0.2, 0) is 21.4 Å². The fraction of sp³-hybridized carbons (Fsp3) is 0.583. The van der Waals surface area contributed by atoms with Crippen molar-refractivity contribution in [1.82, 2.24) is 4.90 Å². The van der Waals surface area contributed by atoms with Crippen LogP contribution in [0.15, 0.2) is 30.0 Å². The normalized spacial score (nSPS) is 20.0. The lowest BCUT2D eigenvalue weighted by Crippen LogP contribution is -2.41. The van der Waals surface area contributed by atoms with Crippen LogP contribution in [0.1, 0.15) is 77.8 Å². The standard InChI is InChI=1S/C24H34ClNO3/c1-6-18-16-26(13-7-8-22(28)29)21(27)15-24(18,5)19-10-9-17(20(25)14-19)11-12-23(2,3)4/h9-10,14,16H,6-8,11-13,15H2,1-5H3,(H,28,29)/t24-/m0/s1. The first-order valence-corrected chi connectivity index (χ1v) is 10.9. The number of halogens is 1. The van der Waals surface area contributed by atoms with Crippen molar-refractivity contribution in [2.24, 2.45) is 5.41 Å². The zero-order chi connectivity index (χ0) is 21.8. The van der Waals surface area contributed by atoms with Gasteiger partial charge in [0.1, 0.15) is 0 Å². The third-order valence-corrected chi connectivity index (χ3v) is 6.20. The molecule has 0 spiro atoms. The number of carboxylic acid groups (broad SMARTS) is 1. The highest BCUT2D eigenvalue weighted by molar-refractivity contribution is 6.31. The summed E-state index contributed by atoms with van der Waals surface area (Å²) in [4.78, 5) is 25.2. The maximum Gasteiger partial charge on any atom is 0.303 e. The van der Waals surface area contributed by atoms with E-state index in [0.717, 1.165) is 35.4 Å². The van der Waals surface area contributed by atoms with Gasteiger partial charge in [0.2, 0.25) is 5.91 Å². The average Bonchev–Trinajstić information content (AvgIpc) is 2.61. The molecule has 1 N–H and O–H groups in total. The molecule has 1 atom stereocenters. The van der Waals surface area contributed by atoms with Gasteiger partial charge in [-0.2, -0.15) is 0 Å². The number of aryl methyl sites for hydroxylation is 1. The summed E-state index contributed by atoms with van der Waals surface area (Å²) in [6, 6.07) is 6.24. The Morgan fingerprint density at radius 1 is 1.31 bits per heavy atom. The minimum atomic E-state index is -0.833. The maximum atomic E-state index is 12.8. The van der Waals surface area contributed by atoms with Crippen molar-refractivity contribution >= 4 is 23.5 Å². The first-order chi connectivity index (χ1) is 13.5. The summed E-state index contributed by atoms with van der Waals surface area (Å²) in [7, 11) is 0. The van der Waals surface area contributed by atoms with Gasteiger partial charge < -0.3 is 10.0 Å². The molecule has 1 amide bonds. The van der Waals surface area contributed by atoms with Crippen molar-refractivity contribution in [3.8, 4) is 0 Å². The highest BCUT2D eigenvalue weighted by Crippen LogP contribution is 2.42. The molecule has 5 heteroatoms. The van der Waals surface area contributed by atoms with Gasteiger partial charge in [-0.25, -0.2) is 0 Å². The molecular formula is C24H34ClNO3. The van der Waals surface area contributed by atoms with Gasteiger partial charge >= 0.3 is 5.97 Å². The molecule has 2 rings (SSSR count). The van der Waals surface area contributed by atoms with Crippen LogP contribution in [0.5, 0.6) is 0 Å². The van der Waals surface area contributed by atoms with E-state index in [4.69, 9.17) is 16.7 Å². The smallest absolute Gasteiger partial charge is 0.303 e. The molecule has 1 aliphatic rings. The molecule has 4 nitrogen and oxygen atoms in total. The van der Waals surface area contributed by atoms with Crippen molar-refractivity contribution < 1.29 is 14.7 Å². The predicted molar refractivity (Wildman–Crippen MR) is 118 cm³/mol. The van der Waals surface area contributed by atoms with E-state index >= 15 is 0 Å². The summed E-state index contributed by atoms with van der Waals surface area (Å²) < 4.78 is 0. The number of allylic oxidation sites excluding steroid dienone is 1. The lowest BCUT2D eigenvalue weighted by Gasteiger charge is -2.39. The second-order valence-corrected chi connectivity index (χ2v) is 9.88.